The number of ether oxygens (including phenoxy) is 1. The lowest BCUT2D eigenvalue weighted by molar-refractivity contribution is -0.127. The van der Waals surface area contributed by atoms with Gasteiger partial charge in [-0.3, -0.25) is 14.5 Å². The molecule has 0 unspecified atom stereocenters. The summed E-state index contributed by atoms with van der Waals surface area (Å²) in [5, 5.41) is 13.5. The zero-order chi connectivity index (χ0) is 24.5. The first-order valence-electron chi connectivity index (χ1n) is 12.8. The number of hydrogen-bond acceptors (Lipinski definition) is 5. The molecule has 0 radical (unpaired) electrons. The van der Waals surface area contributed by atoms with Crippen molar-refractivity contribution >= 4 is 11.5 Å². The first-order chi connectivity index (χ1) is 17.1. The van der Waals surface area contributed by atoms with Crippen LogP contribution in [0.3, 0.4) is 0 Å². The molecule has 5 rings (SSSR count). The Hall–Kier alpha value is -2.90. The normalized spacial score (nSPS) is 25.6. The topological polar surface area (TPSA) is 83.8 Å². The maximum Gasteiger partial charge on any atom is 0.258 e. The number of hydrogen-bond donors (Lipinski definition) is 2. The molecule has 4 atom stereocenters. The number of methoxy groups -OCH3 is 1. The molecule has 1 amide bonds. The van der Waals surface area contributed by atoms with E-state index in [9.17, 15) is 14.7 Å². The number of amides is 1. The molecule has 3 heterocycles. The van der Waals surface area contributed by atoms with E-state index in [0.717, 1.165) is 47.4 Å². The Kier molecular flexibility index (Phi) is 6.80. The number of nitrogens with one attached hydrogen (secondary N) is 1. The molecule has 1 aromatic carbocycles. The van der Waals surface area contributed by atoms with E-state index in [4.69, 9.17) is 4.74 Å². The number of pyridine rings is 1. The van der Waals surface area contributed by atoms with Gasteiger partial charge < -0.3 is 19.7 Å². The minimum Gasteiger partial charge on any atom is -0.497 e. The van der Waals surface area contributed by atoms with E-state index < -0.39 is 6.04 Å². The summed E-state index contributed by atoms with van der Waals surface area (Å²) in [6.07, 6.45) is 6.51. The molecular formula is C28H35N3O4. The van der Waals surface area contributed by atoms with E-state index in [1.165, 1.54) is 6.42 Å². The van der Waals surface area contributed by atoms with Gasteiger partial charge in [0.1, 0.15) is 5.75 Å². The van der Waals surface area contributed by atoms with Crippen LogP contribution in [0.4, 0.5) is 0 Å². The highest BCUT2D eigenvalue weighted by molar-refractivity contribution is 5.83. The summed E-state index contributed by atoms with van der Waals surface area (Å²) in [5.41, 5.74) is 3.96. The van der Waals surface area contributed by atoms with Gasteiger partial charge in [-0.15, -0.1) is 0 Å². The molecule has 3 aliphatic rings. The Morgan fingerprint density at radius 3 is 2.80 bits per heavy atom. The lowest BCUT2D eigenvalue weighted by atomic mass is 9.88. The summed E-state index contributed by atoms with van der Waals surface area (Å²) in [4.78, 5) is 29.0. The van der Waals surface area contributed by atoms with Crippen molar-refractivity contribution in [1.82, 2.24) is 14.8 Å². The highest BCUT2D eigenvalue weighted by atomic mass is 16.5. The molecule has 186 valence electrons. The number of benzene rings is 1. The maximum atomic E-state index is 13.5. The number of aliphatic hydroxyl groups is 1. The Morgan fingerprint density at radius 1 is 1.23 bits per heavy atom. The molecule has 35 heavy (non-hydrogen) atoms. The molecular weight excluding hydrogens is 442 g/mol. The number of likely N-dealkylation sites (N-methyl/N-ethyl adjacent to an activating group) is 1. The molecule has 1 saturated heterocycles. The zero-order valence-electron chi connectivity index (χ0n) is 20.6. The van der Waals surface area contributed by atoms with Crippen molar-refractivity contribution in [2.24, 2.45) is 11.8 Å². The summed E-state index contributed by atoms with van der Waals surface area (Å²) >= 11 is 0. The number of likely N-dealkylation sites (tertiary alicyclic amines) is 1. The highest BCUT2D eigenvalue weighted by Gasteiger charge is 2.55. The number of rotatable bonds is 7. The summed E-state index contributed by atoms with van der Waals surface area (Å²) in [7, 11) is 1.62. The second-order valence-corrected chi connectivity index (χ2v) is 9.86. The number of carbonyl (C=O) groups is 1. The van der Waals surface area contributed by atoms with Crippen molar-refractivity contribution in [2.45, 2.75) is 57.8 Å². The molecule has 0 spiro atoms. The van der Waals surface area contributed by atoms with Gasteiger partial charge in [-0.25, -0.2) is 0 Å². The number of fused-ring (bicyclic) bond motifs is 3. The van der Waals surface area contributed by atoms with Crippen molar-refractivity contribution < 1.29 is 14.6 Å². The predicted octanol–water partition coefficient (Wildman–Crippen LogP) is 3.11. The van der Waals surface area contributed by atoms with Gasteiger partial charge in [-0.1, -0.05) is 25.1 Å². The fourth-order valence-electron chi connectivity index (χ4n) is 6.38. The Labute approximate surface area is 206 Å². The van der Waals surface area contributed by atoms with Crippen LogP contribution < -0.4 is 15.6 Å². The van der Waals surface area contributed by atoms with Crippen LogP contribution in [0.5, 0.6) is 5.75 Å². The molecule has 2 N–H and O–H groups in total. The molecule has 0 bridgehead atoms. The number of aliphatic hydroxyl groups excluding tert-OH is 1. The predicted molar refractivity (Wildman–Crippen MR) is 135 cm³/mol. The van der Waals surface area contributed by atoms with Crippen molar-refractivity contribution in [2.75, 3.05) is 20.3 Å². The number of aromatic nitrogens is 1. The molecule has 1 aliphatic carbocycles. The largest absolute Gasteiger partial charge is 0.497 e. The van der Waals surface area contributed by atoms with Gasteiger partial charge in [0.05, 0.1) is 19.2 Å². The quantitative estimate of drug-likeness (QED) is 0.640. The van der Waals surface area contributed by atoms with Gasteiger partial charge in [0.2, 0.25) is 5.91 Å². The molecule has 0 saturated carbocycles. The van der Waals surface area contributed by atoms with Gasteiger partial charge in [0.25, 0.3) is 5.56 Å². The fourth-order valence-corrected chi connectivity index (χ4v) is 6.38. The van der Waals surface area contributed by atoms with Gasteiger partial charge in [-0.2, -0.15) is 0 Å². The van der Waals surface area contributed by atoms with Gasteiger partial charge in [0.15, 0.2) is 0 Å². The average molecular weight is 478 g/mol. The average Bonchev–Trinajstić information content (AvgIpc) is 3.43. The highest BCUT2D eigenvalue weighted by Crippen LogP contribution is 2.49. The fraction of sp³-hybridized carbons (Fsp3) is 0.500. The summed E-state index contributed by atoms with van der Waals surface area (Å²) in [5.74, 6) is 0.458. The van der Waals surface area contributed by atoms with Crippen LogP contribution >= 0.6 is 0 Å². The maximum absolute atomic E-state index is 13.5. The lowest BCUT2D eigenvalue weighted by Crippen LogP contribution is -2.48. The number of carbonyl (C=O) groups excluding carboxylic acids is 1. The summed E-state index contributed by atoms with van der Waals surface area (Å²) in [6, 6.07) is 11.2. The van der Waals surface area contributed by atoms with E-state index in [1.807, 2.05) is 41.8 Å². The van der Waals surface area contributed by atoms with Crippen molar-refractivity contribution in [3.63, 3.8) is 0 Å². The first-order valence-corrected chi connectivity index (χ1v) is 12.8. The molecule has 1 aromatic heterocycles. The van der Waals surface area contributed by atoms with Crippen LogP contribution in [0.1, 0.15) is 55.5 Å². The van der Waals surface area contributed by atoms with Crippen LogP contribution in [-0.4, -0.2) is 46.8 Å². The second-order valence-electron chi connectivity index (χ2n) is 9.86. The minimum atomic E-state index is -0.435. The van der Waals surface area contributed by atoms with Crippen LogP contribution in [0, 0.1) is 11.8 Å². The summed E-state index contributed by atoms with van der Waals surface area (Å²) < 4.78 is 7.18. The molecule has 1 fully saturated rings. The first kappa shape index (κ1) is 23.8. The van der Waals surface area contributed by atoms with Gasteiger partial charge in [-0.05, 0) is 67.6 Å². The smallest absolute Gasteiger partial charge is 0.258 e. The third kappa shape index (κ3) is 4.21. The van der Waals surface area contributed by atoms with E-state index >= 15 is 0 Å². The van der Waals surface area contributed by atoms with Gasteiger partial charge in [0, 0.05) is 42.8 Å². The van der Waals surface area contributed by atoms with E-state index in [-0.39, 0.29) is 36.0 Å². The molecule has 2 aromatic rings. The number of allylic oxidation sites excluding steroid dienone is 2. The zero-order valence-corrected chi connectivity index (χ0v) is 20.6. The van der Waals surface area contributed by atoms with E-state index in [1.54, 1.807) is 7.11 Å². The van der Waals surface area contributed by atoms with Crippen molar-refractivity contribution in [1.29, 1.82) is 0 Å². The van der Waals surface area contributed by atoms with E-state index in [2.05, 4.69) is 22.4 Å². The second kappa shape index (κ2) is 9.99. The Morgan fingerprint density at radius 2 is 2.09 bits per heavy atom. The monoisotopic (exact) mass is 477 g/mol. The van der Waals surface area contributed by atoms with Crippen LogP contribution in [0.15, 0.2) is 47.3 Å². The Balaban J connectivity index is 1.40. The van der Waals surface area contributed by atoms with Crippen molar-refractivity contribution in [3.8, 4) is 5.75 Å². The van der Waals surface area contributed by atoms with Gasteiger partial charge >= 0.3 is 0 Å². The van der Waals surface area contributed by atoms with Crippen LogP contribution in [0.2, 0.25) is 0 Å². The number of nitrogens with zero attached hydrogens (tertiary/aromatic N) is 2. The molecule has 2 aliphatic heterocycles. The molecule has 7 nitrogen and oxygen atoms in total. The Bertz CT molecular complexity index is 1190. The third-order valence-corrected chi connectivity index (χ3v) is 8.06. The third-order valence-electron chi connectivity index (χ3n) is 8.06. The van der Waals surface area contributed by atoms with Crippen LogP contribution in [-0.2, 0) is 17.9 Å². The standard InChI is InChI=1S/C28H35N3O4/c1-3-30-25-22(16-31-24(25)13-12-21(28(31)34)19-9-5-4-6-10-19)23(17-32)26(30)27(33)29-15-18-8-7-11-20(14-18)35-2/h7-9,11-14,22-23,25-26,32H,3-6,10,15-17H2,1-2H3,(H,29,33)/t22-,23-,25+,26-/m0/s1. The summed E-state index contributed by atoms with van der Waals surface area (Å²) in [6.45, 7) is 3.56. The SMILES string of the molecule is CCN1[C@H](C(=O)NCc2cccc(OC)c2)[C@@H](CO)[C@@H]2Cn3c(ccc(C4=CCCCC4)c3=O)[C@@H]21. The molecule has 7 heteroatoms. The van der Waals surface area contributed by atoms with E-state index in [0.29, 0.717) is 19.6 Å². The lowest BCUT2D eigenvalue weighted by Gasteiger charge is -2.29. The van der Waals surface area contributed by atoms with Crippen LogP contribution in [0.25, 0.3) is 5.57 Å². The minimum absolute atomic E-state index is 0.0239. The van der Waals surface area contributed by atoms with Crippen molar-refractivity contribution in [3.05, 3.63) is 69.6 Å².